The highest BCUT2D eigenvalue weighted by Crippen LogP contribution is 2.06. The molecule has 3 heteroatoms. The molecule has 0 heterocycles. The first kappa shape index (κ1) is 14.2. The molecule has 0 aromatic heterocycles. The summed E-state index contributed by atoms with van der Waals surface area (Å²) in [4.78, 5) is 2.23. The smallest absolute Gasteiger partial charge is 0.0664 e. The van der Waals surface area contributed by atoms with E-state index in [2.05, 4.69) is 17.0 Å². The van der Waals surface area contributed by atoms with E-state index in [4.69, 9.17) is 4.74 Å². The molecule has 1 atom stereocenters. The molecule has 0 radical (unpaired) electrons. The lowest BCUT2D eigenvalue weighted by Crippen LogP contribution is -2.34. The molecule has 0 saturated heterocycles. The minimum absolute atomic E-state index is 0.254. The van der Waals surface area contributed by atoms with Crippen molar-refractivity contribution < 1.29 is 9.84 Å². The van der Waals surface area contributed by atoms with Crippen molar-refractivity contribution in [2.45, 2.75) is 26.0 Å². The van der Waals surface area contributed by atoms with Gasteiger partial charge in [-0.1, -0.05) is 37.3 Å². The average molecular weight is 237 g/mol. The second-order valence-electron chi connectivity index (χ2n) is 4.28. The van der Waals surface area contributed by atoms with Gasteiger partial charge in [0.2, 0.25) is 0 Å². The van der Waals surface area contributed by atoms with Crippen LogP contribution in [-0.4, -0.2) is 42.9 Å². The second-order valence-corrected chi connectivity index (χ2v) is 4.28. The Kier molecular flexibility index (Phi) is 6.86. The van der Waals surface area contributed by atoms with Crippen LogP contribution in [0.4, 0.5) is 0 Å². The van der Waals surface area contributed by atoms with Crippen molar-refractivity contribution >= 4 is 0 Å². The summed E-state index contributed by atoms with van der Waals surface area (Å²) in [6, 6.07) is 10.3. The summed E-state index contributed by atoms with van der Waals surface area (Å²) in [5.41, 5.74) is 1.27. The molecule has 0 aliphatic carbocycles. The van der Waals surface area contributed by atoms with Gasteiger partial charge in [0, 0.05) is 26.7 Å². The maximum atomic E-state index is 9.72. The van der Waals surface area contributed by atoms with Crippen LogP contribution in [0.25, 0.3) is 0 Å². The number of methoxy groups -OCH3 is 1. The molecule has 1 aromatic carbocycles. The van der Waals surface area contributed by atoms with Crippen molar-refractivity contribution in [3.05, 3.63) is 35.9 Å². The van der Waals surface area contributed by atoms with Gasteiger partial charge in [-0.25, -0.2) is 0 Å². The fourth-order valence-corrected chi connectivity index (χ4v) is 1.72. The van der Waals surface area contributed by atoms with E-state index in [0.717, 1.165) is 19.5 Å². The molecule has 0 spiro atoms. The van der Waals surface area contributed by atoms with Crippen LogP contribution in [0.2, 0.25) is 0 Å². The van der Waals surface area contributed by atoms with Gasteiger partial charge in [0.1, 0.15) is 0 Å². The Labute approximate surface area is 104 Å². The fourth-order valence-electron chi connectivity index (χ4n) is 1.72. The number of rotatable bonds is 8. The van der Waals surface area contributed by atoms with E-state index in [9.17, 15) is 5.11 Å². The van der Waals surface area contributed by atoms with Crippen molar-refractivity contribution in [2.75, 3.05) is 26.8 Å². The van der Waals surface area contributed by atoms with Gasteiger partial charge in [0.05, 0.1) is 12.7 Å². The molecule has 17 heavy (non-hydrogen) atoms. The Morgan fingerprint density at radius 3 is 2.59 bits per heavy atom. The summed E-state index contributed by atoms with van der Waals surface area (Å²) in [5, 5.41) is 9.72. The van der Waals surface area contributed by atoms with E-state index >= 15 is 0 Å². The Bertz CT molecular complexity index is 290. The molecule has 1 N–H and O–H groups in total. The van der Waals surface area contributed by atoms with Gasteiger partial charge in [-0.15, -0.1) is 0 Å². The Balaban J connectivity index is 2.50. The van der Waals surface area contributed by atoms with Gasteiger partial charge >= 0.3 is 0 Å². The van der Waals surface area contributed by atoms with Crippen LogP contribution < -0.4 is 0 Å². The summed E-state index contributed by atoms with van der Waals surface area (Å²) in [6.45, 7) is 5.11. The zero-order valence-corrected chi connectivity index (χ0v) is 10.8. The molecule has 0 bridgehead atoms. The molecule has 1 aromatic rings. The molecular weight excluding hydrogens is 214 g/mol. The molecule has 0 unspecified atom stereocenters. The maximum absolute atomic E-state index is 9.72. The number of nitrogens with zero attached hydrogens (tertiary/aromatic N) is 1. The molecule has 0 aliphatic rings. The molecule has 3 nitrogen and oxygen atoms in total. The quantitative estimate of drug-likeness (QED) is 0.749. The van der Waals surface area contributed by atoms with Crippen molar-refractivity contribution in [3.8, 4) is 0 Å². The first-order valence-electron chi connectivity index (χ1n) is 6.19. The average Bonchev–Trinajstić information content (AvgIpc) is 2.37. The first-order chi connectivity index (χ1) is 8.26. The van der Waals surface area contributed by atoms with Crippen LogP contribution in [0.3, 0.4) is 0 Å². The van der Waals surface area contributed by atoms with Gasteiger partial charge in [-0.2, -0.15) is 0 Å². The second kappa shape index (κ2) is 8.23. The van der Waals surface area contributed by atoms with Crippen LogP contribution >= 0.6 is 0 Å². The minimum atomic E-state index is -0.254. The Hall–Kier alpha value is -0.900. The molecule has 0 fully saturated rings. The minimum Gasteiger partial charge on any atom is -0.392 e. The summed E-state index contributed by atoms with van der Waals surface area (Å²) in [6.07, 6.45) is 0.536. The van der Waals surface area contributed by atoms with E-state index in [1.54, 1.807) is 7.11 Å². The summed E-state index contributed by atoms with van der Waals surface area (Å²) in [7, 11) is 1.71. The highest BCUT2D eigenvalue weighted by molar-refractivity contribution is 5.14. The van der Waals surface area contributed by atoms with Crippen LogP contribution in [0, 0.1) is 0 Å². The Morgan fingerprint density at radius 2 is 2.00 bits per heavy atom. The van der Waals surface area contributed by atoms with Crippen molar-refractivity contribution in [3.63, 3.8) is 0 Å². The first-order valence-corrected chi connectivity index (χ1v) is 6.19. The molecule has 1 rings (SSSR count). The van der Waals surface area contributed by atoms with E-state index in [-0.39, 0.29) is 6.10 Å². The standard InChI is InChI=1S/C14H23NO2/c1-3-14(16)12-15(9-10-17-2)11-13-7-5-4-6-8-13/h4-8,14,16H,3,9-12H2,1-2H3/t14-/m0/s1. The van der Waals surface area contributed by atoms with E-state index in [1.807, 2.05) is 25.1 Å². The van der Waals surface area contributed by atoms with Crippen LogP contribution in [0.15, 0.2) is 30.3 Å². The third kappa shape index (κ3) is 5.82. The van der Waals surface area contributed by atoms with E-state index < -0.39 is 0 Å². The highest BCUT2D eigenvalue weighted by atomic mass is 16.5. The molecule has 0 saturated carbocycles. The molecule has 0 aliphatic heterocycles. The van der Waals surface area contributed by atoms with E-state index in [1.165, 1.54) is 5.56 Å². The zero-order chi connectivity index (χ0) is 12.5. The number of hydrogen-bond acceptors (Lipinski definition) is 3. The third-order valence-corrected chi connectivity index (χ3v) is 2.80. The zero-order valence-electron chi connectivity index (χ0n) is 10.8. The number of benzene rings is 1. The van der Waals surface area contributed by atoms with Crippen molar-refractivity contribution in [2.24, 2.45) is 0 Å². The van der Waals surface area contributed by atoms with Crippen molar-refractivity contribution in [1.29, 1.82) is 0 Å². The predicted octanol–water partition coefficient (Wildman–Crippen LogP) is 1.91. The Morgan fingerprint density at radius 1 is 1.29 bits per heavy atom. The number of ether oxygens (including phenoxy) is 1. The lowest BCUT2D eigenvalue weighted by molar-refractivity contribution is 0.0830. The predicted molar refractivity (Wildman–Crippen MR) is 69.9 cm³/mol. The largest absolute Gasteiger partial charge is 0.392 e. The number of hydrogen-bond donors (Lipinski definition) is 1. The summed E-state index contributed by atoms with van der Waals surface area (Å²) in [5.74, 6) is 0. The van der Waals surface area contributed by atoms with Gasteiger partial charge in [-0.3, -0.25) is 4.90 Å². The fraction of sp³-hybridized carbons (Fsp3) is 0.571. The normalized spacial score (nSPS) is 12.9. The van der Waals surface area contributed by atoms with Crippen LogP contribution in [0.5, 0.6) is 0 Å². The topological polar surface area (TPSA) is 32.7 Å². The monoisotopic (exact) mass is 237 g/mol. The van der Waals surface area contributed by atoms with E-state index in [0.29, 0.717) is 13.2 Å². The lowest BCUT2D eigenvalue weighted by Gasteiger charge is -2.24. The molecule has 0 amide bonds. The maximum Gasteiger partial charge on any atom is 0.0664 e. The lowest BCUT2D eigenvalue weighted by atomic mass is 10.2. The SMILES string of the molecule is CC[C@H](O)CN(CCOC)Cc1ccccc1. The molecular formula is C14H23NO2. The molecule has 96 valence electrons. The van der Waals surface area contributed by atoms with Gasteiger partial charge < -0.3 is 9.84 Å². The number of aliphatic hydroxyl groups excluding tert-OH is 1. The van der Waals surface area contributed by atoms with Crippen LogP contribution in [0.1, 0.15) is 18.9 Å². The van der Waals surface area contributed by atoms with Gasteiger partial charge in [-0.05, 0) is 12.0 Å². The summed E-state index contributed by atoms with van der Waals surface area (Å²) >= 11 is 0. The van der Waals surface area contributed by atoms with Crippen molar-refractivity contribution in [1.82, 2.24) is 4.90 Å². The third-order valence-electron chi connectivity index (χ3n) is 2.80. The number of aliphatic hydroxyl groups is 1. The van der Waals surface area contributed by atoms with Gasteiger partial charge in [0.15, 0.2) is 0 Å². The van der Waals surface area contributed by atoms with Gasteiger partial charge in [0.25, 0.3) is 0 Å². The summed E-state index contributed by atoms with van der Waals surface area (Å²) < 4.78 is 5.10. The highest BCUT2D eigenvalue weighted by Gasteiger charge is 2.10. The van der Waals surface area contributed by atoms with Crippen LogP contribution in [-0.2, 0) is 11.3 Å².